The molecule has 0 atom stereocenters. The topological polar surface area (TPSA) is 78.0 Å². The third-order valence-electron chi connectivity index (χ3n) is 2.14. The average molecular weight is 225 g/mol. The molecule has 0 radical (unpaired) electrons. The summed E-state index contributed by atoms with van der Waals surface area (Å²) in [6.07, 6.45) is 1.62. The van der Waals surface area contributed by atoms with Crippen LogP contribution in [0.5, 0.6) is 0 Å². The summed E-state index contributed by atoms with van der Waals surface area (Å²) in [7, 11) is -3.42. The van der Waals surface area contributed by atoms with Crippen molar-refractivity contribution in [2.75, 3.05) is 5.75 Å². The maximum absolute atomic E-state index is 10.8. The maximum Gasteiger partial charge on any atom is 0.210 e. The minimum absolute atomic E-state index is 0.0760. The number of primary sulfonamides is 1. The Morgan fingerprint density at radius 3 is 2.80 bits per heavy atom. The fraction of sp³-hybridized carbons (Fsp3) is 0.222. The van der Waals surface area contributed by atoms with E-state index in [4.69, 9.17) is 5.14 Å². The highest BCUT2D eigenvalue weighted by molar-refractivity contribution is 7.89. The Kier molecular flexibility index (Phi) is 2.45. The lowest BCUT2D eigenvalue weighted by atomic mass is 10.3. The first-order valence-corrected chi connectivity index (χ1v) is 6.18. The Labute approximate surface area is 87.6 Å². The van der Waals surface area contributed by atoms with Gasteiger partial charge in [0.15, 0.2) is 0 Å². The molecule has 1 heterocycles. The molecule has 15 heavy (non-hydrogen) atoms. The number of nitrogens with zero attached hydrogens (tertiary/aromatic N) is 2. The van der Waals surface area contributed by atoms with Crippen LogP contribution in [0, 0.1) is 0 Å². The molecule has 0 aliphatic rings. The van der Waals surface area contributed by atoms with E-state index in [1.54, 1.807) is 10.9 Å². The molecule has 0 unspecified atom stereocenters. The molecule has 2 aromatic rings. The monoisotopic (exact) mass is 225 g/mol. The lowest BCUT2D eigenvalue weighted by Gasteiger charge is -2.02. The van der Waals surface area contributed by atoms with Gasteiger partial charge in [-0.25, -0.2) is 18.5 Å². The number of aromatic nitrogens is 2. The van der Waals surface area contributed by atoms with Gasteiger partial charge in [-0.15, -0.1) is 0 Å². The molecule has 2 N–H and O–H groups in total. The van der Waals surface area contributed by atoms with Crippen LogP contribution in [0.2, 0.25) is 0 Å². The van der Waals surface area contributed by atoms with E-state index in [1.165, 1.54) is 0 Å². The molecule has 2 rings (SSSR count). The zero-order chi connectivity index (χ0) is 10.9. The molecule has 0 amide bonds. The summed E-state index contributed by atoms with van der Waals surface area (Å²) in [6.45, 7) is 0.333. The highest BCUT2D eigenvalue weighted by Gasteiger charge is 2.05. The Hall–Kier alpha value is -1.40. The van der Waals surface area contributed by atoms with Gasteiger partial charge in [0, 0.05) is 6.54 Å². The van der Waals surface area contributed by atoms with Crippen LogP contribution < -0.4 is 5.14 Å². The minimum Gasteiger partial charge on any atom is -0.330 e. The molecule has 0 saturated carbocycles. The van der Waals surface area contributed by atoms with E-state index < -0.39 is 10.0 Å². The zero-order valence-electron chi connectivity index (χ0n) is 8.00. The SMILES string of the molecule is NS(=O)(=O)CCn1cnc2ccccc21. The van der Waals surface area contributed by atoms with Gasteiger partial charge in [0.2, 0.25) is 10.0 Å². The summed E-state index contributed by atoms with van der Waals surface area (Å²) in [5.74, 6) is -0.0760. The summed E-state index contributed by atoms with van der Waals surface area (Å²) in [6, 6.07) is 7.55. The number of rotatable bonds is 3. The largest absolute Gasteiger partial charge is 0.330 e. The number of imidazole rings is 1. The van der Waals surface area contributed by atoms with E-state index in [0.29, 0.717) is 6.54 Å². The molecule has 80 valence electrons. The summed E-state index contributed by atoms with van der Waals surface area (Å²) >= 11 is 0. The fourth-order valence-corrected chi connectivity index (χ4v) is 1.87. The molecule has 0 fully saturated rings. The van der Waals surface area contributed by atoms with Crippen LogP contribution in [0.4, 0.5) is 0 Å². The molecule has 5 nitrogen and oxygen atoms in total. The quantitative estimate of drug-likeness (QED) is 0.817. The van der Waals surface area contributed by atoms with Crippen molar-refractivity contribution in [1.82, 2.24) is 9.55 Å². The molecule has 1 aromatic heterocycles. The number of benzene rings is 1. The number of sulfonamides is 1. The van der Waals surface area contributed by atoms with Gasteiger partial charge in [0.25, 0.3) is 0 Å². The van der Waals surface area contributed by atoms with Gasteiger partial charge in [-0.3, -0.25) is 0 Å². The van der Waals surface area contributed by atoms with Crippen molar-refractivity contribution in [3.63, 3.8) is 0 Å². The second-order valence-corrected chi connectivity index (χ2v) is 5.03. The summed E-state index contributed by atoms with van der Waals surface area (Å²) < 4.78 is 23.4. The average Bonchev–Trinajstić information content (AvgIpc) is 2.57. The minimum atomic E-state index is -3.42. The summed E-state index contributed by atoms with van der Waals surface area (Å²) in [4.78, 5) is 4.15. The summed E-state index contributed by atoms with van der Waals surface area (Å²) in [5, 5.41) is 4.93. The molecule has 0 saturated heterocycles. The maximum atomic E-state index is 10.8. The molecular weight excluding hydrogens is 214 g/mol. The Morgan fingerprint density at radius 1 is 1.33 bits per heavy atom. The van der Waals surface area contributed by atoms with E-state index >= 15 is 0 Å². The Balaban J connectivity index is 2.29. The first kappa shape index (κ1) is 10.1. The van der Waals surface area contributed by atoms with Crippen LogP contribution in [0.3, 0.4) is 0 Å². The first-order chi connectivity index (χ1) is 7.06. The number of fused-ring (bicyclic) bond motifs is 1. The third kappa shape index (κ3) is 2.34. The normalized spacial score (nSPS) is 12.1. The van der Waals surface area contributed by atoms with Gasteiger partial charge < -0.3 is 4.57 Å². The lowest BCUT2D eigenvalue weighted by molar-refractivity contribution is 0.591. The zero-order valence-corrected chi connectivity index (χ0v) is 8.81. The van der Waals surface area contributed by atoms with Gasteiger partial charge >= 0.3 is 0 Å². The van der Waals surface area contributed by atoms with Crippen molar-refractivity contribution in [2.45, 2.75) is 6.54 Å². The lowest BCUT2D eigenvalue weighted by Crippen LogP contribution is -2.20. The van der Waals surface area contributed by atoms with Crippen molar-refractivity contribution in [2.24, 2.45) is 5.14 Å². The van der Waals surface area contributed by atoms with Crippen molar-refractivity contribution < 1.29 is 8.42 Å². The van der Waals surface area contributed by atoms with Crippen molar-refractivity contribution in [1.29, 1.82) is 0 Å². The number of para-hydroxylation sites is 2. The predicted octanol–water partition coefficient (Wildman–Crippen LogP) is 0.325. The van der Waals surface area contributed by atoms with Gasteiger partial charge in [-0.05, 0) is 12.1 Å². The highest BCUT2D eigenvalue weighted by Crippen LogP contribution is 2.11. The molecule has 0 spiro atoms. The molecule has 0 bridgehead atoms. The highest BCUT2D eigenvalue weighted by atomic mass is 32.2. The van der Waals surface area contributed by atoms with Crippen LogP contribution in [-0.2, 0) is 16.6 Å². The Bertz CT molecular complexity index is 574. The van der Waals surface area contributed by atoms with Gasteiger partial charge in [-0.2, -0.15) is 0 Å². The second kappa shape index (κ2) is 3.63. The van der Waals surface area contributed by atoms with Gasteiger partial charge in [0.05, 0.1) is 23.1 Å². The van der Waals surface area contributed by atoms with Crippen LogP contribution >= 0.6 is 0 Å². The smallest absolute Gasteiger partial charge is 0.210 e. The van der Waals surface area contributed by atoms with Crippen LogP contribution in [0.1, 0.15) is 0 Å². The van der Waals surface area contributed by atoms with Crippen LogP contribution in [0.25, 0.3) is 11.0 Å². The number of hydrogen-bond acceptors (Lipinski definition) is 3. The molecule has 6 heteroatoms. The van der Waals surface area contributed by atoms with Crippen LogP contribution in [0.15, 0.2) is 30.6 Å². The molecular formula is C9H11N3O2S. The summed E-state index contributed by atoms with van der Waals surface area (Å²) in [5.41, 5.74) is 1.77. The van der Waals surface area contributed by atoms with E-state index in [0.717, 1.165) is 11.0 Å². The van der Waals surface area contributed by atoms with Crippen molar-refractivity contribution in [3.05, 3.63) is 30.6 Å². The molecule has 0 aliphatic carbocycles. The third-order valence-corrected chi connectivity index (χ3v) is 2.90. The van der Waals surface area contributed by atoms with E-state index in [2.05, 4.69) is 4.98 Å². The van der Waals surface area contributed by atoms with Crippen LogP contribution in [-0.4, -0.2) is 23.7 Å². The Morgan fingerprint density at radius 2 is 2.07 bits per heavy atom. The number of aryl methyl sites for hydroxylation is 1. The number of nitrogens with two attached hydrogens (primary N) is 1. The van der Waals surface area contributed by atoms with Gasteiger partial charge in [0.1, 0.15) is 0 Å². The standard InChI is InChI=1S/C9H11N3O2S/c10-15(13,14)6-5-12-7-11-8-3-1-2-4-9(8)12/h1-4,7H,5-6H2,(H2,10,13,14). The van der Waals surface area contributed by atoms with E-state index in [1.807, 2.05) is 24.3 Å². The molecule has 0 aliphatic heterocycles. The number of hydrogen-bond donors (Lipinski definition) is 1. The van der Waals surface area contributed by atoms with E-state index in [-0.39, 0.29) is 5.75 Å². The van der Waals surface area contributed by atoms with Crippen molar-refractivity contribution in [3.8, 4) is 0 Å². The van der Waals surface area contributed by atoms with E-state index in [9.17, 15) is 8.42 Å². The van der Waals surface area contributed by atoms with Gasteiger partial charge in [-0.1, -0.05) is 12.1 Å². The molecule has 1 aromatic carbocycles. The fourth-order valence-electron chi connectivity index (χ4n) is 1.41. The van der Waals surface area contributed by atoms with Crippen molar-refractivity contribution >= 4 is 21.1 Å². The predicted molar refractivity (Wildman–Crippen MR) is 57.7 cm³/mol. The first-order valence-electron chi connectivity index (χ1n) is 4.46. The second-order valence-electron chi connectivity index (χ2n) is 3.29.